The van der Waals surface area contributed by atoms with Crippen molar-refractivity contribution in [2.45, 2.75) is 77.5 Å². The smallest absolute Gasteiger partial charge is 0.277 e. The molecule has 1 saturated carbocycles. The van der Waals surface area contributed by atoms with E-state index >= 15 is 0 Å². The van der Waals surface area contributed by atoms with Gasteiger partial charge in [0.15, 0.2) is 5.88 Å². The Hall–Kier alpha value is -1.76. The fourth-order valence-electron chi connectivity index (χ4n) is 3.89. The van der Waals surface area contributed by atoms with E-state index in [1.165, 1.54) is 49.9 Å². The predicted molar refractivity (Wildman–Crippen MR) is 111 cm³/mol. The highest BCUT2D eigenvalue weighted by Gasteiger charge is 2.35. The molecule has 0 aromatic carbocycles. The number of rotatable bonds is 8. The number of hydrogen-bond donors (Lipinski definition) is 1. The van der Waals surface area contributed by atoms with Crippen molar-refractivity contribution in [1.29, 1.82) is 0 Å². The van der Waals surface area contributed by atoms with Crippen LogP contribution in [0.3, 0.4) is 0 Å². The van der Waals surface area contributed by atoms with Crippen LogP contribution in [0.4, 0.5) is 0 Å². The lowest BCUT2D eigenvalue weighted by Crippen LogP contribution is -2.39. The Morgan fingerprint density at radius 1 is 1.39 bits per heavy atom. The number of carbonyl (C=O) groups is 1. The number of nitrogens with zero attached hydrogens (tertiary/aromatic N) is 2. The largest absolute Gasteiger partial charge is 0.438 e. The highest BCUT2D eigenvalue weighted by atomic mass is 32.1. The predicted octanol–water partition coefficient (Wildman–Crippen LogP) is 4.54. The average Bonchev–Trinajstić information content (AvgIpc) is 3.35. The number of carbonyl (C=O) groups excluding carboxylic acids is 1. The van der Waals surface area contributed by atoms with Crippen molar-refractivity contribution in [1.82, 2.24) is 15.2 Å². The van der Waals surface area contributed by atoms with Gasteiger partial charge < -0.3 is 19.7 Å². The fourth-order valence-corrected chi connectivity index (χ4v) is 4.61. The molecule has 0 bridgehead atoms. The SMILES string of the molecule is C=C1OC(Oc2ncc(C(=O)NCCCCC3CCCC3)s2)CN1C(C)(C)C. The van der Waals surface area contributed by atoms with Crippen LogP contribution < -0.4 is 10.1 Å². The highest BCUT2D eigenvalue weighted by Crippen LogP contribution is 2.30. The summed E-state index contributed by atoms with van der Waals surface area (Å²) in [5, 5.41) is 3.43. The van der Waals surface area contributed by atoms with Crippen LogP contribution in [0.1, 0.15) is 75.4 Å². The van der Waals surface area contributed by atoms with E-state index < -0.39 is 6.29 Å². The summed E-state index contributed by atoms with van der Waals surface area (Å²) >= 11 is 1.25. The van der Waals surface area contributed by atoms with Gasteiger partial charge in [0.2, 0.25) is 0 Å². The lowest BCUT2D eigenvalue weighted by molar-refractivity contribution is -0.00479. The summed E-state index contributed by atoms with van der Waals surface area (Å²) < 4.78 is 11.5. The second-order valence-corrected chi connectivity index (χ2v) is 9.73. The van der Waals surface area contributed by atoms with Crippen LogP contribution in [0.5, 0.6) is 5.19 Å². The number of thiazole rings is 1. The Kier molecular flexibility index (Phi) is 6.86. The van der Waals surface area contributed by atoms with E-state index in [2.05, 4.69) is 42.6 Å². The van der Waals surface area contributed by atoms with Gasteiger partial charge in [-0.15, -0.1) is 0 Å². The van der Waals surface area contributed by atoms with Crippen LogP contribution >= 0.6 is 11.3 Å². The molecule has 2 heterocycles. The summed E-state index contributed by atoms with van der Waals surface area (Å²) in [4.78, 5) is 19.1. The molecule has 2 aliphatic rings. The molecule has 6 nitrogen and oxygen atoms in total. The molecule has 2 fully saturated rings. The third-order valence-electron chi connectivity index (χ3n) is 5.45. The molecule has 1 N–H and O–H groups in total. The van der Waals surface area contributed by atoms with E-state index in [1.807, 2.05) is 0 Å². The lowest BCUT2D eigenvalue weighted by atomic mass is 10.0. The molecular weight excluding hydrogens is 374 g/mol. The first-order valence-electron chi connectivity index (χ1n) is 10.4. The van der Waals surface area contributed by atoms with E-state index in [0.717, 1.165) is 12.3 Å². The third kappa shape index (κ3) is 5.63. The Labute approximate surface area is 172 Å². The Balaban J connectivity index is 1.38. The van der Waals surface area contributed by atoms with Crippen molar-refractivity contribution in [2.75, 3.05) is 13.1 Å². The first-order chi connectivity index (χ1) is 13.3. The van der Waals surface area contributed by atoms with Gasteiger partial charge in [-0.3, -0.25) is 4.79 Å². The minimum atomic E-state index is -0.454. The van der Waals surface area contributed by atoms with Crippen molar-refractivity contribution in [3.8, 4) is 5.19 Å². The van der Waals surface area contributed by atoms with Crippen molar-refractivity contribution in [3.05, 3.63) is 23.5 Å². The number of ether oxygens (including phenoxy) is 2. The van der Waals surface area contributed by atoms with Crippen LogP contribution in [-0.4, -0.2) is 40.7 Å². The Bertz CT molecular complexity index is 677. The number of nitrogens with one attached hydrogen (secondary N) is 1. The maximum atomic E-state index is 12.3. The molecule has 28 heavy (non-hydrogen) atoms. The summed E-state index contributed by atoms with van der Waals surface area (Å²) in [6, 6.07) is 0. The summed E-state index contributed by atoms with van der Waals surface area (Å²) in [6.07, 6.45) is 10.2. The molecule has 3 rings (SSSR count). The zero-order valence-electron chi connectivity index (χ0n) is 17.3. The molecule has 1 aromatic heterocycles. The zero-order valence-corrected chi connectivity index (χ0v) is 18.1. The second kappa shape index (κ2) is 9.16. The fraction of sp³-hybridized carbons (Fsp3) is 0.714. The van der Waals surface area contributed by atoms with Gasteiger partial charge in [-0.25, -0.2) is 4.98 Å². The quantitative estimate of drug-likeness (QED) is 0.641. The number of unbranched alkanes of at least 4 members (excludes halogenated alkanes) is 1. The van der Waals surface area contributed by atoms with Crippen LogP contribution in [-0.2, 0) is 4.74 Å². The van der Waals surface area contributed by atoms with E-state index in [9.17, 15) is 4.79 Å². The first kappa shape index (κ1) is 21.0. The molecule has 1 aliphatic heterocycles. The summed E-state index contributed by atoms with van der Waals surface area (Å²) in [7, 11) is 0. The van der Waals surface area contributed by atoms with Gasteiger partial charge in [0.1, 0.15) is 4.88 Å². The van der Waals surface area contributed by atoms with Crippen LogP contribution in [0.2, 0.25) is 0 Å². The van der Waals surface area contributed by atoms with Gasteiger partial charge in [-0.2, -0.15) is 0 Å². The van der Waals surface area contributed by atoms with Gasteiger partial charge in [0, 0.05) is 12.1 Å². The van der Waals surface area contributed by atoms with Crippen molar-refractivity contribution in [2.24, 2.45) is 5.92 Å². The lowest BCUT2D eigenvalue weighted by Gasteiger charge is -2.31. The van der Waals surface area contributed by atoms with Gasteiger partial charge in [-0.05, 0) is 39.7 Å². The molecule has 1 aromatic rings. The normalized spacial score (nSPS) is 20.5. The van der Waals surface area contributed by atoms with Gasteiger partial charge in [-0.1, -0.05) is 49.9 Å². The minimum absolute atomic E-state index is 0.0821. The van der Waals surface area contributed by atoms with Crippen molar-refractivity contribution >= 4 is 17.2 Å². The Morgan fingerprint density at radius 3 is 2.82 bits per heavy atom. The molecule has 1 atom stereocenters. The maximum absolute atomic E-state index is 12.3. The van der Waals surface area contributed by atoms with Crippen molar-refractivity contribution < 1.29 is 14.3 Å². The van der Waals surface area contributed by atoms with Gasteiger partial charge >= 0.3 is 0 Å². The summed E-state index contributed by atoms with van der Waals surface area (Å²) in [6.45, 7) is 11.5. The van der Waals surface area contributed by atoms with E-state index in [-0.39, 0.29) is 11.4 Å². The maximum Gasteiger partial charge on any atom is 0.277 e. The minimum Gasteiger partial charge on any atom is -0.438 e. The number of amides is 1. The van der Waals surface area contributed by atoms with Crippen molar-refractivity contribution in [3.63, 3.8) is 0 Å². The standard InChI is InChI=1S/C21H33N3O3S/c1-15-24(21(2,3)4)14-18(26-15)27-20-23-13-17(28-20)19(25)22-12-8-7-11-16-9-5-6-10-16/h13,16,18H,1,5-12,14H2,2-4H3,(H,22,25). The molecule has 156 valence electrons. The zero-order chi connectivity index (χ0) is 20.1. The topological polar surface area (TPSA) is 63.7 Å². The third-order valence-corrected chi connectivity index (χ3v) is 6.34. The van der Waals surface area contributed by atoms with Crippen LogP contribution in [0, 0.1) is 5.92 Å². The summed E-state index contributed by atoms with van der Waals surface area (Å²) in [5.74, 6) is 1.44. The van der Waals surface area contributed by atoms with Crippen LogP contribution in [0.25, 0.3) is 0 Å². The summed E-state index contributed by atoms with van der Waals surface area (Å²) in [5.41, 5.74) is -0.0825. The molecule has 0 radical (unpaired) electrons. The second-order valence-electron chi connectivity index (χ2n) is 8.73. The number of aromatic nitrogens is 1. The molecular formula is C21H33N3O3S. The Morgan fingerprint density at radius 2 is 2.14 bits per heavy atom. The van der Waals surface area contributed by atoms with E-state index in [1.54, 1.807) is 6.20 Å². The average molecular weight is 408 g/mol. The molecule has 1 amide bonds. The molecule has 7 heteroatoms. The first-order valence-corrected chi connectivity index (χ1v) is 11.2. The molecule has 1 aliphatic carbocycles. The van der Waals surface area contributed by atoms with E-state index in [4.69, 9.17) is 9.47 Å². The number of hydrogen-bond acceptors (Lipinski definition) is 6. The molecule has 0 spiro atoms. The van der Waals surface area contributed by atoms with Gasteiger partial charge in [0.05, 0.1) is 12.7 Å². The van der Waals surface area contributed by atoms with Crippen LogP contribution in [0.15, 0.2) is 18.7 Å². The highest BCUT2D eigenvalue weighted by molar-refractivity contribution is 7.15. The molecule has 1 unspecified atom stereocenters. The monoisotopic (exact) mass is 407 g/mol. The molecule has 1 saturated heterocycles. The van der Waals surface area contributed by atoms with E-state index in [0.29, 0.717) is 29.0 Å². The van der Waals surface area contributed by atoms with Gasteiger partial charge in [0.25, 0.3) is 17.4 Å².